The number of carbonyl (C=O) groups excluding carboxylic acids is 1. The van der Waals surface area contributed by atoms with Crippen LogP contribution in [-0.4, -0.2) is 49.7 Å². The van der Waals surface area contributed by atoms with E-state index in [2.05, 4.69) is 15.1 Å². The molecule has 3 aromatic heterocycles. The number of aryl methyl sites for hydroxylation is 1. The van der Waals surface area contributed by atoms with E-state index in [1.807, 2.05) is 42.6 Å². The van der Waals surface area contributed by atoms with Gasteiger partial charge in [0.15, 0.2) is 0 Å². The van der Waals surface area contributed by atoms with Crippen LogP contribution in [0.2, 0.25) is 0 Å². The predicted octanol–water partition coefficient (Wildman–Crippen LogP) is 4.25. The molecule has 1 aliphatic carbocycles. The molecule has 1 saturated carbocycles. The molecule has 0 atom stereocenters. The van der Waals surface area contributed by atoms with Gasteiger partial charge in [0.2, 0.25) is 0 Å². The number of thiazole rings is 1. The maximum Gasteiger partial charge on any atom is 0.257 e. The van der Waals surface area contributed by atoms with Gasteiger partial charge >= 0.3 is 0 Å². The highest BCUT2D eigenvalue weighted by Gasteiger charge is 2.34. The largest absolute Gasteiger partial charge is 0.496 e. The van der Waals surface area contributed by atoms with Crippen LogP contribution in [0.5, 0.6) is 5.75 Å². The van der Waals surface area contributed by atoms with Gasteiger partial charge in [0, 0.05) is 30.1 Å². The molecule has 33 heavy (non-hydrogen) atoms. The average Bonchev–Trinajstić information content (AvgIpc) is 3.45. The van der Waals surface area contributed by atoms with Crippen molar-refractivity contribution in [2.45, 2.75) is 32.2 Å². The summed E-state index contributed by atoms with van der Waals surface area (Å²) in [6.45, 7) is 2.42. The predicted molar refractivity (Wildman–Crippen MR) is 126 cm³/mol. The lowest BCUT2D eigenvalue weighted by Crippen LogP contribution is -2.27. The molecule has 1 fully saturated rings. The van der Waals surface area contributed by atoms with Crippen molar-refractivity contribution >= 4 is 17.2 Å². The van der Waals surface area contributed by atoms with E-state index in [-0.39, 0.29) is 11.8 Å². The van der Waals surface area contributed by atoms with Gasteiger partial charge < -0.3 is 9.64 Å². The molecule has 168 valence electrons. The zero-order chi connectivity index (χ0) is 22.9. The summed E-state index contributed by atoms with van der Waals surface area (Å²) >= 11 is 1.58. The van der Waals surface area contributed by atoms with Crippen molar-refractivity contribution < 1.29 is 9.53 Å². The third-order valence-electron chi connectivity index (χ3n) is 5.63. The number of aromatic nitrogens is 5. The number of ether oxygens (including phenoxy) is 1. The summed E-state index contributed by atoms with van der Waals surface area (Å²) in [6, 6.07) is 9.57. The number of hydrogen-bond acceptors (Lipinski definition) is 7. The number of carbonyl (C=O) groups is 1. The lowest BCUT2D eigenvalue weighted by molar-refractivity contribution is 0.0782. The van der Waals surface area contributed by atoms with Crippen molar-refractivity contribution in [1.29, 1.82) is 0 Å². The van der Waals surface area contributed by atoms with Gasteiger partial charge in [0.1, 0.15) is 5.75 Å². The van der Waals surface area contributed by atoms with E-state index in [0.717, 1.165) is 46.2 Å². The molecule has 3 heterocycles. The van der Waals surface area contributed by atoms with Crippen LogP contribution in [0.15, 0.2) is 48.1 Å². The number of benzene rings is 1. The van der Waals surface area contributed by atoms with Gasteiger partial charge in [0.25, 0.3) is 11.9 Å². The van der Waals surface area contributed by atoms with Crippen molar-refractivity contribution in [1.82, 2.24) is 29.6 Å². The highest BCUT2D eigenvalue weighted by molar-refractivity contribution is 7.09. The molecule has 0 radical (unpaired) electrons. The maximum atomic E-state index is 13.3. The van der Waals surface area contributed by atoms with Crippen LogP contribution >= 0.6 is 11.3 Å². The lowest BCUT2D eigenvalue weighted by atomic mass is 10.1. The minimum atomic E-state index is -0.0744. The van der Waals surface area contributed by atoms with Crippen LogP contribution in [0.3, 0.4) is 0 Å². The van der Waals surface area contributed by atoms with Crippen LogP contribution in [-0.2, 0) is 6.54 Å². The lowest BCUT2D eigenvalue weighted by Gasteiger charge is -2.16. The molecule has 1 aromatic carbocycles. The van der Waals surface area contributed by atoms with Crippen LogP contribution in [0.4, 0.5) is 0 Å². The number of para-hydroxylation sites is 1. The Morgan fingerprint density at radius 1 is 1.24 bits per heavy atom. The first-order chi connectivity index (χ1) is 16.0. The topological polar surface area (TPSA) is 86.0 Å². The highest BCUT2D eigenvalue weighted by atomic mass is 32.1. The molecule has 0 aliphatic heterocycles. The molecule has 5 rings (SSSR count). The van der Waals surface area contributed by atoms with Gasteiger partial charge in [-0.05, 0) is 38.0 Å². The number of rotatable bonds is 7. The Bertz CT molecular complexity index is 1310. The Morgan fingerprint density at radius 2 is 2.06 bits per heavy atom. The summed E-state index contributed by atoms with van der Waals surface area (Å²) in [7, 11) is 3.44. The van der Waals surface area contributed by atoms with E-state index in [1.54, 1.807) is 47.5 Å². The number of nitrogens with zero attached hydrogens (tertiary/aromatic N) is 6. The molecule has 9 heteroatoms. The molecule has 0 saturated heterocycles. The van der Waals surface area contributed by atoms with E-state index < -0.39 is 0 Å². The smallest absolute Gasteiger partial charge is 0.257 e. The van der Waals surface area contributed by atoms with Crippen molar-refractivity contribution in [3.8, 4) is 23.0 Å². The first-order valence-electron chi connectivity index (χ1n) is 10.8. The summed E-state index contributed by atoms with van der Waals surface area (Å²) in [5.41, 5.74) is 3.97. The van der Waals surface area contributed by atoms with Gasteiger partial charge in [-0.3, -0.25) is 4.79 Å². The normalized spacial score (nSPS) is 13.2. The maximum absolute atomic E-state index is 13.3. The second-order valence-electron chi connectivity index (χ2n) is 8.09. The molecule has 0 N–H and O–H groups in total. The summed E-state index contributed by atoms with van der Waals surface area (Å²) < 4.78 is 7.21. The minimum absolute atomic E-state index is 0.0744. The van der Waals surface area contributed by atoms with E-state index >= 15 is 0 Å². The Balaban J connectivity index is 1.49. The number of methoxy groups -OCH3 is 1. The second-order valence-corrected chi connectivity index (χ2v) is 9.15. The fourth-order valence-electron chi connectivity index (χ4n) is 3.89. The third-order valence-corrected chi connectivity index (χ3v) is 6.45. The molecule has 0 spiro atoms. The zero-order valence-corrected chi connectivity index (χ0v) is 19.5. The number of hydrogen-bond donors (Lipinski definition) is 0. The first-order valence-corrected chi connectivity index (χ1v) is 11.6. The van der Waals surface area contributed by atoms with Gasteiger partial charge in [-0.25, -0.2) is 19.6 Å². The summed E-state index contributed by atoms with van der Waals surface area (Å²) in [4.78, 5) is 28.7. The quantitative estimate of drug-likeness (QED) is 0.410. The Labute approximate surface area is 195 Å². The SMILES string of the molecule is COc1ccccc1-c1ccnc(-n2ncc(C(=O)N(C)Cc3csc(C)n3)c2C2CC2)n1. The van der Waals surface area contributed by atoms with Crippen LogP contribution < -0.4 is 4.74 Å². The van der Waals surface area contributed by atoms with Crippen LogP contribution in [0.25, 0.3) is 17.2 Å². The van der Waals surface area contributed by atoms with Crippen molar-refractivity contribution in [3.05, 3.63) is 70.1 Å². The van der Waals surface area contributed by atoms with E-state index in [0.29, 0.717) is 18.1 Å². The van der Waals surface area contributed by atoms with Crippen LogP contribution in [0, 0.1) is 6.92 Å². The molecule has 0 unspecified atom stereocenters. The van der Waals surface area contributed by atoms with Gasteiger partial charge in [-0.1, -0.05) is 12.1 Å². The van der Waals surface area contributed by atoms with E-state index in [1.165, 1.54) is 0 Å². The van der Waals surface area contributed by atoms with E-state index in [9.17, 15) is 4.79 Å². The monoisotopic (exact) mass is 460 g/mol. The molecule has 1 amide bonds. The van der Waals surface area contributed by atoms with Crippen molar-refractivity contribution in [2.75, 3.05) is 14.2 Å². The minimum Gasteiger partial charge on any atom is -0.496 e. The average molecular weight is 461 g/mol. The molecule has 4 aromatic rings. The summed E-state index contributed by atoms with van der Waals surface area (Å²) in [5.74, 6) is 1.38. The van der Waals surface area contributed by atoms with Gasteiger partial charge in [-0.15, -0.1) is 11.3 Å². The zero-order valence-electron chi connectivity index (χ0n) is 18.7. The molecule has 0 bridgehead atoms. The van der Waals surface area contributed by atoms with Crippen LogP contribution in [0.1, 0.15) is 45.5 Å². The highest BCUT2D eigenvalue weighted by Crippen LogP contribution is 2.42. The Morgan fingerprint density at radius 3 is 2.79 bits per heavy atom. The fraction of sp³-hybridized carbons (Fsp3) is 0.292. The van der Waals surface area contributed by atoms with E-state index in [4.69, 9.17) is 9.72 Å². The van der Waals surface area contributed by atoms with Gasteiger partial charge in [0.05, 0.1) is 47.5 Å². The first kappa shape index (κ1) is 21.3. The Kier molecular flexibility index (Phi) is 5.63. The van der Waals surface area contributed by atoms with Crippen molar-refractivity contribution in [3.63, 3.8) is 0 Å². The molecule has 8 nitrogen and oxygen atoms in total. The van der Waals surface area contributed by atoms with Crippen molar-refractivity contribution in [2.24, 2.45) is 0 Å². The summed E-state index contributed by atoms with van der Waals surface area (Å²) in [6.07, 6.45) is 5.39. The molecule has 1 aliphatic rings. The standard InChI is InChI=1S/C24H24N6O2S/c1-15-27-17(14-33-15)13-29(2)23(31)19-12-26-30(22(19)16-8-9-16)24-25-11-10-20(28-24)18-6-4-5-7-21(18)32-3/h4-7,10-12,14,16H,8-9,13H2,1-3H3. The third kappa shape index (κ3) is 4.23. The molecular formula is C24H24N6O2S. The summed E-state index contributed by atoms with van der Waals surface area (Å²) in [5, 5.41) is 7.52. The second kappa shape index (κ2) is 8.74. The number of amides is 1. The fourth-order valence-corrected chi connectivity index (χ4v) is 4.49. The Hall–Kier alpha value is -3.59. The van der Waals surface area contributed by atoms with Gasteiger partial charge in [-0.2, -0.15) is 5.10 Å². The molecular weight excluding hydrogens is 436 g/mol.